The Kier molecular flexibility index (Phi) is 4.67. The smallest absolute Gasteiger partial charge is 0.313 e. The number of carbonyl (C=O) groups excluding carboxylic acids is 3. The zero-order valence-corrected chi connectivity index (χ0v) is 16.3. The van der Waals surface area contributed by atoms with Gasteiger partial charge in [-0.3, -0.25) is 14.5 Å². The molecule has 0 radical (unpaired) electrons. The molecule has 1 aromatic carbocycles. The van der Waals surface area contributed by atoms with Gasteiger partial charge in [0.15, 0.2) is 5.78 Å². The van der Waals surface area contributed by atoms with Crippen LogP contribution in [0.25, 0.3) is 0 Å². The molecule has 0 N–H and O–H groups in total. The first kappa shape index (κ1) is 18.6. The Balaban J connectivity index is 1.85. The Labute approximate surface area is 155 Å². The van der Waals surface area contributed by atoms with Crippen molar-refractivity contribution in [3.05, 3.63) is 35.4 Å². The number of amides is 3. The molecule has 140 valence electrons. The van der Waals surface area contributed by atoms with Gasteiger partial charge in [0.1, 0.15) is 5.54 Å². The standard InChI is InChI=1S/C21H28N2O3/c1-13-7-6-8-16(10-13)18(24)12-23-19(25)21(4,22(5)20(23)26)17-11-14(2)9-15(17)3/h6-8,10,14-15,17H,9,11-12H2,1-5H3/t14-,15+,17?,21?/m1/s1. The zero-order valence-electron chi connectivity index (χ0n) is 16.3. The first-order chi connectivity index (χ1) is 12.2. The number of aryl methyl sites for hydroxylation is 1. The number of urea groups is 1. The second-order valence-corrected chi connectivity index (χ2v) is 8.33. The quantitative estimate of drug-likeness (QED) is 0.613. The van der Waals surface area contributed by atoms with E-state index in [1.807, 2.05) is 26.0 Å². The van der Waals surface area contributed by atoms with Gasteiger partial charge in [-0.15, -0.1) is 0 Å². The van der Waals surface area contributed by atoms with Gasteiger partial charge in [-0.25, -0.2) is 4.79 Å². The van der Waals surface area contributed by atoms with Crippen molar-refractivity contribution >= 4 is 17.7 Å². The van der Waals surface area contributed by atoms with Gasteiger partial charge in [-0.2, -0.15) is 0 Å². The summed E-state index contributed by atoms with van der Waals surface area (Å²) in [5.41, 5.74) is 0.643. The topological polar surface area (TPSA) is 57.7 Å². The van der Waals surface area contributed by atoms with E-state index in [4.69, 9.17) is 0 Å². The number of ketones is 1. The number of Topliss-reactive ketones (excluding diaryl/α,β-unsaturated/α-hetero) is 1. The summed E-state index contributed by atoms with van der Waals surface area (Å²) >= 11 is 0. The fourth-order valence-electron chi connectivity index (χ4n) is 4.83. The van der Waals surface area contributed by atoms with Gasteiger partial charge in [-0.05, 0) is 50.5 Å². The van der Waals surface area contributed by atoms with Gasteiger partial charge >= 0.3 is 6.03 Å². The molecule has 0 bridgehead atoms. The molecule has 2 fully saturated rings. The highest BCUT2D eigenvalue weighted by Gasteiger charge is 2.59. The van der Waals surface area contributed by atoms with Crippen molar-refractivity contribution in [2.75, 3.05) is 13.6 Å². The average Bonchev–Trinajstić information content (AvgIpc) is 3.01. The predicted molar refractivity (Wildman–Crippen MR) is 99.8 cm³/mol. The van der Waals surface area contributed by atoms with Crippen LogP contribution in [0.1, 0.15) is 49.5 Å². The lowest BCUT2D eigenvalue weighted by Gasteiger charge is -2.37. The number of hydrogen-bond acceptors (Lipinski definition) is 3. The Bertz CT molecular complexity index is 759. The lowest BCUT2D eigenvalue weighted by molar-refractivity contribution is -0.135. The summed E-state index contributed by atoms with van der Waals surface area (Å²) in [5, 5.41) is 0. The second-order valence-electron chi connectivity index (χ2n) is 8.33. The van der Waals surface area contributed by atoms with E-state index >= 15 is 0 Å². The molecule has 2 unspecified atom stereocenters. The van der Waals surface area contributed by atoms with Crippen molar-refractivity contribution in [1.29, 1.82) is 0 Å². The minimum atomic E-state index is -0.867. The van der Waals surface area contributed by atoms with Gasteiger partial charge in [-0.1, -0.05) is 37.6 Å². The zero-order chi connectivity index (χ0) is 19.2. The summed E-state index contributed by atoms with van der Waals surface area (Å²) < 4.78 is 0. The van der Waals surface area contributed by atoms with E-state index in [0.29, 0.717) is 17.4 Å². The van der Waals surface area contributed by atoms with Crippen molar-refractivity contribution in [2.45, 2.75) is 46.1 Å². The number of imide groups is 1. The van der Waals surface area contributed by atoms with E-state index in [1.54, 1.807) is 24.1 Å². The summed E-state index contributed by atoms with van der Waals surface area (Å²) in [5.74, 6) is 0.601. The molecule has 5 heteroatoms. The number of benzene rings is 1. The first-order valence-electron chi connectivity index (χ1n) is 9.35. The highest BCUT2D eigenvalue weighted by molar-refractivity contribution is 6.11. The number of nitrogens with zero attached hydrogens (tertiary/aromatic N) is 2. The molecule has 3 rings (SSSR count). The van der Waals surface area contributed by atoms with Crippen molar-refractivity contribution in [3.8, 4) is 0 Å². The maximum absolute atomic E-state index is 13.2. The van der Waals surface area contributed by atoms with Crippen LogP contribution in [0.3, 0.4) is 0 Å². The molecule has 1 saturated heterocycles. The van der Waals surface area contributed by atoms with Gasteiger partial charge < -0.3 is 4.90 Å². The van der Waals surface area contributed by atoms with Crippen LogP contribution in [0.2, 0.25) is 0 Å². The van der Waals surface area contributed by atoms with Crippen LogP contribution in [0.15, 0.2) is 24.3 Å². The molecule has 1 aliphatic heterocycles. The SMILES string of the molecule is Cc1cccc(C(=O)CN2C(=O)N(C)C(C)(C3C[C@H](C)C[C@@H]3C)C2=O)c1. The molecule has 26 heavy (non-hydrogen) atoms. The van der Waals surface area contributed by atoms with E-state index in [2.05, 4.69) is 13.8 Å². The van der Waals surface area contributed by atoms with Crippen LogP contribution in [0.5, 0.6) is 0 Å². The molecule has 2 aliphatic rings. The fourth-order valence-corrected chi connectivity index (χ4v) is 4.83. The lowest BCUT2D eigenvalue weighted by Crippen LogP contribution is -2.52. The normalized spacial score (nSPS) is 31.8. The van der Waals surface area contributed by atoms with E-state index < -0.39 is 5.54 Å². The highest BCUT2D eigenvalue weighted by Crippen LogP contribution is 2.47. The highest BCUT2D eigenvalue weighted by atomic mass is 16.2. The van der Waals surface area contributed by atoms with E-state index in [0.717, 1.165) is 23.3 Å². The Morgan fingerprint density at radius 3 is 2.50 bits per heavy atom. The fraction of sp³-hybridized carbons (Fsp3) is 0.571. The molecule has 1 saturated carbocycles. The third-order valence-corrected chi connectivity index (χ3v) is 6.37. The van der Waals surface area contributed by atoms with Crippen LogP contribution in [0, 0.1) is 24.7 Å². The maximum Gasteiger partial charge on any atom is 0.327 e. The molecule has 1 heterocycles. The monoisotopic (exact) mass is 356 g/mol. The van der Waals surface area contributed by atoms with Crippen LogP contribution >= 0.6 is 0 Å². The molecular weight excluding hydrogens is 328 g/mol. The number of hydrogen-bond donors (Lipinski definition) is 0. The summed E-state index contributed by atoms with van der Waals surface area (Å²) in [6, 6.07) is 6.87. The Morgan fingerprint density at radius 1 is 1.23 bits per heavy atom. The van der Waals surface area contributed by atoms with Crippen LogP contribution in [0.4, 0.5) is 4.79 Å². The molecular formula is C21H28N2O3. The third kappa shape index (κ3) is 2.83. The number of likely N-dealkylation sites (N-methyl/N-ethyl adjacent to an activating group) is 1. The largest absolute Gasteiger partial charge is 0.327 e. The third-order valence-electron chi connectivity index (χ3n) is 6.37. The molecule has 1 aliphatic carbocycles. The molecule has 1 aromatic rings. The average molecular weight is 356 g/mol. The van der Waals surface area contributed by atoms with Crippen molar-refractivity contribution in [3.63, 3.8) is 0 Å². The Hall–Kier alpha value is -2.17. The van der Waals surface area contributed by atoms with Crippen LogP contribution in [-0.4, -0.2) is 46.7 Å². The van der Waals surface area contributed by atoms with Crippen molar-refractivity contribution in [2.24, 2.45) is 17.8 Å². The maximum atomic E-state index is 13.2. The van der Waals surface area contributed by atoms with Crippen LogP contribution < -0.4 is 0 Å². The summed E-state index contributed by atoms with van der Waals surface area (Å²) in [7, 11) is 1.69. The number of rotatable bonds is 4. The van der Waals surface area contributed by atoms with Crippen LogP contribution in [-0.2, 0) is 4.79 Å². The van der Waals surface area contributed by atoms with E-state index in [1.165, 1.54) is 0 Å². The van der Waals surface area contributed by atoms with Gasteiger partial charge in [0.25, 0.3) is 5.91 Å². The minimum absolute atomic E-state index is 0.123. The second kappa shape index (κ2) is 6.53. The van der Waals surface area contributed by atoms with Gasteiger partial charge in [0.2, 0.25) is 0 Å². The molecule has 0 aromatic heterocycles. The summed E-state index contributed by atoms with van der Waals surface area (Å²) in [4.78, 5) is 41.3. The van der Waals surface area contributed by atoms with E-state index in [9.17, 15) is 14.4 Å². The Morgan fingerprint density at radius 2 is 1.92 bits per heavy atom. The lowest BCUT2D eigenvalue weighted by atomic mass is 9.78. The molecule has 0 spiro atoms. The van der Waals surface area contributed by atoms with Crippen molar-refractivity contribution in [1.82, 2.24) is 9.80 Å². The number of carbonyl (C=O) groups is 3. The van der Waals surface area contributed by atoms with Gasteiger partial charge in [0, 0.05) is 12.6 Å². The summed E-state index contributed by atoms with van der Waals surface area (Å²) in [6.45, 7) is 7.93. The van der Waals surface area contributed by atoms with E-state index in [-0.39, 0.29) is 30.2 Å². The first-order valence-corrected chi connectivity index (χ1v) is 9.35. The molecule has 5 nitrogen and oxygen atoms in total. The predicted octanol–water partition coefficient (Wildman–Crippen LogP) is 3.51. The minimum Gasteiger partial charge on any atom is -0.313 e. The van der Waals surface area contributed by atoms with Gasteiger partial charge in [0.05, 0.1) is 6.54 Å². The molecule has 4 atom stereocenters. The van der Waals surface area contributed by atoms with Crippen molar-refractivity contribution < 1.29 is 14.4 Å². The molecule has 3 amide bonds. The summed E-state index contributed by atoms with van der Waals surface area (Å²) in [6.07, 6.45) is 2.00.